The molecule has 1 aromatic heterocycles. The first kappa shape index (κ1) is 19.8. The Bertz CT molecular complexity index is 786. The van der Waals surface area contributed by atoms with Crippen molar-refractivity contribution in [3.05, 3.63) is 23.8 Å². The van der Waals surface area contributed by atoms with Crippen LogP contribution in [-0.4, -0.2) is 22.8 Å². The number of halogens is 1. The van der Waals surface area contributed by atoms with Gasteiger partial charge in [0.25, 0.3) is 0 Å². The fraction of sp³-hybridized carbons (Fsp3) is 0.471. The maximum Gasteiger partial charge on any atom is 0.231 e. The summed E-state index contributed by atoms with van der Waals surface area (Å²) in [5.41, 5.74) is 6.72. The van der Waals surface area contributed by atoms with Crippen LogP contribution in [0.5, 0.6) is 11.5 Å². The Labute approximate surface area is 157 Å². The van der Waals surface area contributed by atoms with Gasteiger partial charge >= 0.3 is 0 Å². The van der Waals surface area contributed by atoms with Gasteiger partial charge in [-0.25, -0.2) is 0 Å². The fourth-order valence-electron chi connectivity index (χ4n) is 2.34. The Balaban J connectivity index is 0.00000243. The van der Waals surface area contributed by atoms with E-state index in [0.29, 0.717) is 53.9 Å². The van der Waals surface area contributed by atoms with E-state index in [9.17, 15) is 4.79 Å². The van der Waals surface area contributed by atoms with Crippen LogP contribution in [0.15, 0.2) is 16.7 Å². The molecule has 2 heterocycles. The number of fused-ring (bicyclic) bond motifs is 1. The van der Waals surface area contributed by atoms with Crippen molar-refractivity contribution in [1.29, 1.82) is 0 Å². The number of aromatic nitrogens is 2. The Kier molecular flexibility index (Phi) is 5.97. The summed E-state index contributed by atoms with van der Waals surface area (Å²) in [5, 5.41) is 6.76. The molecular formula is C17H23ClN4O4. The molecule has 0 bridgehead atoms. The first-order valence-corrected chi connectivity index (χ1v) is 8.15. The Morgan fingerprint density at radius 2 is 1.96 bits per heavy atom. The summed E-state index contributed by atoms with van der Waals surface area (Å²) in [6.45, 7) is 6.22. The van der Waals surface area contributed by atoms with Crippen molar-refractivity contribution in [2.75, 3.05) is 17.8 Å². The second-order valence-electron chi connectivity index (χ2n) is 6.96. The zero-order valence-electron chi connectivity index (χ0n) is 15.0. The van der Waals surface area contributed by atoms with E-state index in [2.05, 4.69) is 15.5 Å². The number of nitrogens with one attached hydrogen (secondary N) is 1. The van der Waals surface area contributed by atoms with Crippen LogP contribution < -0.4 is 20.5 Å². The zero-order valence-corrected chi connectivity index (χ0v) is 15.8. The summed E-state index contributed by atoms with van der Waals surface area (Å²) in [5.74, 6) is 2.23. The summed E-state index contributed by atoms with van der Waals surface area (Å²) in [7, 11) is 0. The number of hydrogen-bond donors (Lipinski definition) is 2. The van der Waals surface area contributed by atoms with Crippen molar-refractivity contribution in [3.63, 3.8) is 0 Å². The van der Waals surface area contributed by atoms with E-state index >= 15 is 0 Å². The number of anilines is 2. The van der Waals surface area contributed by atoms with Crippen molar-refractivity contribution in [2.45, 2.75) is 45.4 Å². The lowest BCUT2D eigenvalue weighted by Crippen LogP contribution is -2.14. The van der Waals surface area contributed by atoms with Crippen LogP contribution >= 0.6 is 12.4 Å². The van der Waals surface area contributed by atoms with Gasteiger partial charge in [0.05, 0.1) is 11.4 Å². The fourth-order valence-corrected chi connectivity index (χ4v) is 2.34. The third-order valence-corrected chi connectivity index (χ3v) is 3.75. The smallest absolute Gasteiger partial charge is 0.231 e. The number of nitrogen functional groups attached to an aromatic ring is 1. The lowest BCUT2D eigenvalue weighted by Gasteiger charge is -2.10. The summed E-state index contributed by atoms with van der Waals surface area (Å²) >= 11 is 0. The number of nitrogens with zero attached hydrogens (tertiary/aromatic N) is 2. The molecule has 1 aliphatic heterocycles. The van der Waals surface area contributed by atoms with Crippen LogP contribution in [-0.2, 0) is 16.6 Å². The molecule has 9 heteroatoms. The van der Waals surface area contributed by atoms with Gasteiger partial charge in [-0.05, 0) is 6.42 Å². The first-order chi connectivity index (χ1) is 11.8. The third kappa shape index (κ3) is 4.57. The summed E-state index contributed by atoms with van der Waals surface area (Å²) in [6.07, 6.45) is 1.47. The summed E-state index contributed by atoms with van der Waals surface area (Å²) in [4.78, 5) is 16.5. The SMILES string of the molecule is CC(C)(C)c1noc(CCCC(=O)Nc2cc3c(cc2N)OCO3)n1.Cl. The van der Waals surface area contributed by atoms with Crippen molar-refractivity contribution < 1.29 is 18.8 Å². The molecule has 1 amide bonds. The molecule has 0 radical (unpaired) electrons. The minimum Gasteiger partial charge on any atom is -0.454 e. The monoisotopic (exact) mass is 382 g/mol. The largest absolute Gasteiger partial charge is 0.454 e. The zero-order chi connectivity index (χ0) is 18.0. The van der Waals surface area contributed by atoms with E-state index in [1.807, 2.05) is 20.8 Å². The maximum atomic E-state index is 12.1. The highest BCUT2D eigenvalue weighted by atomic mass is 35.5. The molecule has 0 fully saturated rings. The minimum atomic E-state index is -0.157. The lowest BCUT2D eigenvalue weighted by atomic mass is 9.96. The topological polar surface area (TPSA) is 113 Å². The van der Waals surface area contributed by atoms with Crippen LogP contribution in [0.25, 0.3) is 0 Å². The third-order valence-electron chi connectivity index (χ3n) is 3.75. The normalized spacial score (nSPS) is 12.6. The molecule has 1 aromatic carbocycles. The number of carbonyl (C=O) groups is 1. The van der Waals surface area contributed by atoms with E-state index in [0.717, 1.165) is 0 Å². The van der Waals surface area contributed by atoms with E-state index in [-0.39, 0.29) is 30.5 Å². The van der Waals surface area contributed by atoms with Gasteiger partial charge in [0, 0.05) is 30.4 Å². The van der Waals surface area contributed by atoms with Crippen LogP contribution in [0.2, 0.25) is 0 Å². The molecule has 8 nitrogen and oxygen atoms in total. The van der Waals surface area contributed by atoms with Gasteiger partial charge in [-0.15, -0.1) is 12.4 Å². The Morgan fingerprint density at radius 1 is 1.27 bits per heavy atom. The van der Waals surface area contributed by atoms with Crippen LogP contribution in [0.1, 0.15) is 45.3 Å². The molecule has 2 aromatic rings. The molecule has 26 heavy (non-hydrogen) atoms. The molecule has 0 spiro atoms. The van der Waals surface area contributed by atoms with Gasteiger partial charge in [-0.3, -0.25) is 4.79 Å². The molecule has 142 valence electrons. The first-order valence-electron chi connectivity index (χ1n) is 8.15. The molecular weight excluding hydrogens is 360 g/mol. The molecule has 0 unspecified atom stereocenters. The average molecular weight is 383 g/mol. The number of ether oxygens (including phenoxy) is 2. The quantitative estimate of drug-likeness (QED) is 0.764. The number of hydrogen-bond acceptors (Lipinski definition) is 7. The van der Waals surface area contributed by atoms with Crippen LogP contribution in [0.3, 0.4) is 0 Å². The van der Waals surface area contributed by atoms with Crippen molar-refractivity contribution >= 4 is 29.7 Å². The van der Waals surface area contributed by atoms with Crippen LogP contribution in [0.4, 0.5) is 11.4 Å². The molecule has 3 N–H and O–H groups in total. The van der Waals surface area contributed by atoms with Crippen molar-refractivity contribution in [3.8, 4) is 11.5 Å². The molecule has 0 saturated heterocycles. The number of rotatable bonds is 5. The molecule has 0 aliphatic carbocycles. The number of benzene rings is 1. The number of amides is 1. The van der Waals surface area contributed by atoms with Crippen LogP contribution in [0, 0.1) is 0 Å². The average Bonchev–Trinajstić information content (AvgIpc) is 3.16. The van der Waals surface area contributed by atoms with Crippen molar-refractivity contribution in [1.82, 2.24) is 10.1 Å². The highest BCUT2D eigenvalue weighted by Gasteiger charge is 2.21. The van der Waals surface area contributed by atoms with Gasteiger partial charge in [0.2, 0.25) is 18.6 Å². The second kappa shape index (κ2) is 7.82. The number of aryl methyl sites for hydroxylation is 1. The highest BCUT2D eigenvalue weighted by molar-refractivity contribution is 5.94. The van der Waals surface area contributed by atoms with Gasteiger partial charge < -0.3 is 25.0 Å². The molecule has 0 atom stereocenters. The highest BCUT2D eigenvalue weighted by Crippen LogP contribution is 2.38. The Hall–Kier alpha value is -2.48. The number of carbonyl (C=O) groups excluding carboxylic acids is 1. The minimum absolute atomic E-state index is 0. The Morgan fingerprint density at radius 3 is 2.62 bits per heavy atom. The van der Waals surface area contributed by atoms with Gasteiger partial charge in [0.1, 0.15) is 0 Å². The van der Waals surface area contributed by atoms with Gasteiger partial charge in [-0.2, -0.15) is 4.98 Å². The maximum absolute atomic E-state index is 12.1. The second-order valence-corrected chi connectivity index (χ2v) is 6.96. The van der Waals surface area contributed by atoms with E-state index in [4.69, 9.17) is 19.7 Å². The molecule has 3 rings (SSSR count). The van der Waals surface area contributed by atoms with Crippen molar-refractivity contribution in [2.24, 2.45) is 0 Å². The predicted molar refractivity (Wildman–Crippen MR) is 98.8 cm³/mol. The molecule has 0 saturated carbocycles. The van der Waals surface area contributed by atoms with Gasteiger partial charge in [-0.1, -0.05) is 25.9 Å². The number of nitrogens with two attached hydrogens (primary N) is 1. The van der Waals surface area contributed by atoms with E-state index < -0.39 is 0 Å². The molecule has 1 aliphatic rings. The predicted octanol–water partition coefficient (Wildman–Crippen LogP) is 3.06. The summed E-state index contributed by atoms with van der Waals surface area (Å²) < 4.78 is 15.7. The summed E-state index contributed by atoms with van der Waals surface area (Å²) in [6, 6.07) is 3.31. The van der Waals surface area contributed by atoms with E-state index in [1.165, 1.54) is 0 Å². The van der Waals surface area contributed by atoms with E-state index in [1.54, 1.807) is 12.1 Å². The van der Waals surface area contributed by atoms with Gasteiger partial charge in [0.15, 0.2) is 17.3 Å². The standard InChI is InChI=1S/C17H22N4O4.ClH/c1-17(2,3)16-20-15(25-21-16)6-4-5-14(22)19-11-8-13-12(7-10(11)18)23-9-24-13;/h7-8H,4-6,9,18H2,1-3H3,(H,19,22);1H. The lowest BCUT2D eigenvalue weighted by molar-refractivity contribution is -0.116.